The molecule has 0 aliphatic rings. The lowest BCUT2D eigenvalue weighted by molar-refractivity contribution is 0.392. The predicted octanol–water partition coefficient (Wildman–Crippen LogP) is 3.35. The molecular formula is C9H8ClF3Si. The molecule has 0 bridgehead atoms. The third-order valence-corrected chi connectivity index (χ3v) is 4.35. The van der Waals surface area contributed by atoms with E-state index in [-0.39, 0.29) is 6.04 Å². The predicted molar refractivity (Wildman–Crippen MR) is 53.5 cm³/mol. The summed E-state index contributed by atoms with van der Waals surface area (Å²) in [6, 6.07) is 9.01. The summed E-state index contributed by atoms with van der Waals surface area (Å²) in [6.07, 6.45) is -2.28. The van der Waals surface area contributed by atoms with Gasteiger partial charge in [0.2, 0.25) is 8.11 Å². The van der Waals surface area contributed by atoms with Crippen LogP contribution in [-0.4, -0.2) is 8.11 Å². The van der Waals surface area contributed by atoms with Crippen molar-refractivity contribution in [3.8, 4) is 0 Å². The summed E-state index contributed by atoms with van der Waals surface area (Å²) < 4.78 is 36.3. The van der Waals surface area contributed by atoms with Gasteiger partial charge in [-0.1, -0.05) is 30.3 Å². The molecule has 0 nitrogen and oxygen atoms in total. The smallest absolute Gasteiger partial charge is 0.210 e. The zero-order valence-electron chi connectivity index (χ0n) is 7.18. The first-order chi connectivity index (χ1) is 6.61. The fraction of sp³-hybridized carbons (Fsp3) is 0.111. The second-order valence-corrected chi connectivity index (χ2v) is 6.20. The molecule has 1 atom stereocenters. The minimum Gasteiger partial charge on any atom is -0.210 e. The molecule has 76 valence electrons. The summed E-state index contributed by atoms with van der Waals surface area (Å²) in [5.41, 5.74) is -0.619. The quantitative estimate of drug-likeness (QED) is 0.558. The van der Waals surface area contributed by atoms with Gasteiger partial charge in [0.15, 0.2) is 5.45 Å². The second kappa shape index (κ2) is 5.22. The minimum absolute atomic E-state index is 0.200. The van der Waals surface area contributed by atoms with Crippen molar-refractivity contribution in [1.29, 1.82) is 0 Å². The zero-order chi connectivity index (χ0) is 10.6. The van der Waals surface area contributed by atoms with Crippen LogP contribution in [0.15, 0.2) is 41.9 Å². The molecule has 0 saturated carbocycles. The highest BCUT2D eigenvalue weighted by molar-refractivity contribution is 7.10. The summed E-state index contributed by atoms with van der Waals surface area (Å²) in [6.45, 7) is 0. The first kappa shape index (κ1) is 11.3. The molecule has 0 fully saturated rings. The van der Waals surface area contributed by atoms with Crippen molar-refractivity contribution >= 4 is 19.2 Å². The Hall–Kier alpha value is -0.743. The molecule has 1 rings (SSSR count). The van der Waals surface area contributed by atoms with E-state index in [9.17, 15) is 13.2 Å². The van der Waals surface area contributed by atoms with Gasteiger partial charge in [-0.2, -0.15) is 19.9 Å². The highest BCUT2D eigenvalue weighted by Crippen LogP contribution is 2.18. The van der Waals surface area contributed by atoms with Crippen LogP contribution >= 0.6 is 11.1 Å². The van der Waals surface area contributed by atoms with Gasteiger partial charge in [0.05, 0.1) is 0 Å². The van der Waals surface area contributed by atoms with Crippen LogP contribution in [-0.2, 0) is 6.04 Å². The molecule has 0 aliphatic heterocycles. The molecule has 0 aromatic heterocycles. The lowest BCUT2D eigenvalue weighted by atomic mass is 10.2. The second-order valence-electron chi connectivity index (χ2n) is 2.77. The van der Waals surface area contributed by atoms with Gasteiger partial charge in [-0.05, 0) is 11.6 Å². The maximum absolute atomic E-state index is 12.7. The van der Waals surface area contributed by atoms with E-state index in [0.717, 1.165) is 5.56 Å². The van der Waals surface area contributed by atoms with Crippen LogP contribution in [0.2, 0.25) is 0 Å². The normalized spacial score (nSPS) is 12.3. The van der Waals surface area contributed by atoms with Gasteiger partial charge in [0, 0.05) is 0 Å². The van der Waals surface area contributed by atoms with Crippen LogP contribution in [0, 0.1) is 0 Å². The van der Waals surface area contributed by atoms with Crippen molar-refractivity contribution in [1.82, 2.24) is 0 Å². The molecule has 0 amide bonds. The number of halogens is 4. The molecule has 5 heteroatoms. The fourth-order valence-electron chi connectivity index (χ4n) is 1.03. The zero-order valence-corrected chi connectivity index (χ0v) is 9.09. The fourth-order valence-corrected chi connectivity index (χ4v) is 2.91. The average Bonchev–Trinajstić information content (AvgIpc) is 2.18. The number of hydrogen-bond donors (Lipinski definition) is 0. The summed E-state index contributed by atoms with van der Waals surface area (Å²) >= 11 is 5.59. The van der Waals surface area contributed by atoms with Crippen LogP contribution in [0.3, 0.4) is 0 Å². The first-order valence-electron chi connectivity index (χ1n) is 4.00. The molecule has 0 N–H and O–H groups in total. The lowest BCUT2D eigenvalue weighted by Gasteiger charge is -2.03. The molecule has 0 radical (unpaired) electrons. The van der Waals surface area contributed by atoms with Crippen LogP contribution in [0.1, 0.15) is 5.56 Å². The monoisotopic (exact) mass is 236 g/mol. The summed E-state index contributed by atoms with van der Waals surface area (Å²) in [4.78, 5) is 0. The van der Waals surface area contributed by atoms with Gasteiger partial charge in [0.1, 0.15) is 0 Å². The van der Waals surface area contributed by atoms with Crippen molar-refractivity contribution < 1.29 is 13.2 Å². The van der Waals surface area contributed by atoms with Gasteiger partial charge in [-0.25, -0.2) is 4.39 Å². The van der Waals surface area contributed by atoms with E-state index < -0.39 is 19.6 Å². The molecular weight excluding hydrogens is 229 g/mol. The Labute approximate surface area is 86.3 Å². The maximum Gasteiger partial charge on any atom is 0.297 e. The lowest BCUT2D eigenvalue weighted by Crippen LogP contribution is -2.11. The Balaban J connectivity index is 2.67. The third kappa shape index (κ3) is 3.19. The van der Waals surface area contributed by atoms with Gasteiger partial charge in [-0.3, -0.25) is 0 Å². The van der Waals surface area contributed by atoms with Crippen molar-refractivity contribution in [2.24, 2.45) is 0 Å². The number of benzene rings is 1. The molecule has 1 aromatic carbocycles. The highest BCUT2D eigenvalue weighted by atomic mass is 35.6. The van der Waals surface area contributed by atoms with E-state index in [4.69, 9.17) is 11.1 Å². The molecule has 0 saturated heterocycles. The Kier molecular flexibility index (Phi) is 4.22. The van der Waals surface area contributed by atoms with Gasteiger partial charge >= 0.3 is 0 Å². The van der Waals surface area contributed by atoms with Crippen LogP contribution in [0.25, 0.3) is 0 Å². The third-order valence-electron chi connectivity index (χ3n) is 1.71. The number of hydrogen-bond acceptors (Lipinski definition) is 0. The van der Waals surface area contributed by atoms with Gasteiger partial charge in [0.25, 0.3) is 6.08 Å². The SMILES string of the molecule is FC(F)=C(F)[SiH](Cl)Cc1ccccc1. The van der Waals surface area contributed by atoms with E-state index in [1.807, 2.05) is 0 Å². The van der Waals surface area contributed by atoms with Crippen molar-refractivity contribution in [3.05, 3.63) is 47.4 Å². The summed E-state index contributed by atoms with van der Waals surface area (Å²) in [5, 5.41) is 0. The van der Waals surface area contributed by atoms with E-state index in [1.165, 1.54) is 0 Å². The molecule has 14 heavy (non-hydrogen) atoms. The van der Waals surface area contributed by atoms with E-state index in [2.05, 4.69) is 0 Å². The Bertz CT molecular complexity index is 322. The topological polar surface area (TPSA) is 0 Å². The van der Waals surface area contributed by atoms with Gasteiger partial charge in [-0.15, -0.1) is 0 Å². The highest BCUT2D eigenvalue weighted by Gasteiger charge is 2.19. The Morgan fingerprint density at radius 1 is 1.14 bits per heavy atom. The standard InChI is InChI=1S/C9H8ClF3Si/c10-14(9(13)8(11)12)6-7-4-2-1-3-5-7/h1-5,14H,6H2. The largest absolute Gasteiger partial charge is 0.297 e. The maximum atomic E-state index is 12.7. The molecule has 0 aliphatic carbocycles. The molecule has 1 unspecified atom stereocenters. The molecule has 0 heterocycles. The van der Waals surface area contributed by atoms with Crippen molar-refractivity contribution in [3.63, 3.8) is 0 Å². The van der Waals surface area contributed by atoms with Crippen molar-refractivity contribution in [2.75, 3.05) is 0 Å². The average molecular weight is 237 g/mol. The van der Waals surface area contributed by atoms with Crippen LogP contribution < -0.4 is 0 Å². The van der Waals surface area contributed by atoms with Crippen LogP contribution in [0.5, 0.6) is 0 Å². The minimum atomic E-state index is -2.65. The number of rotatable bonds is 3. The van der Waals surface area contributed by atoms with Crippen molar-refractivity contribution in [2.45, 2.75) is 6.04 Å². The van der Waals surface area contributed by atoms with E-state index in [0.29, 0.717) is 0 Å². The van der Waals surface area contributed by atoms with Gasteiger partial charge < -0.3 is 0 Å². The molecule has 1 aromatic rings. The molecule has 0 spiro atoms. The summed E-state index contributed by atoms with van der Waals surface area (Å²) in [5.74, 6) is 0. The van der Waals surface area contributed by atoms with Crippen LogP contribution in [0.4, 0.5) is 13.2 Å². The van der Waals surface area contributed by atoms with E-state index >= 15 is 0 Å². The Morgan fingerprint density at radius 3 is 2.21 bits per heavy atom. The first-order valence-corrected chi connectivity index (χ1v) is 7.14. The van der Waals surface area contributed by atoms with E-state index in [1.54, 1.807) is 30.3 Å². The Morgan fingerprint density at radius 2 is 1.71 bits per heavy atom. The summed E-state index contributed by atoms with van der Waals surface area (Å²) in [7, 11) is -2.65.